The SMILES string of the molecule is CCNC(c1cc2cccc(C)c2o1)c1ccncc1C. The van der Waals surface area contributed by atoms with Gasteiger partial charge in [0.1, 0.15) is 11.3 Å². The van der Waals surface area contributed by atoms with E-state index in [1.165, 1.54) is 16.7 Å². The Bertz CT molecular complexity index is 761. The largest absolute Gasteiger partial charge is 0.459 e. The van der Waals surface area contributed by atoms with Crippen LogP contribution in [0.5, 0.6) is 0 Å². The molecule has 2 aromatic heterocycles. The minimum atomic E-state index is 0.0600. The molecular formula is C18H20N2O. The summed E-state index contributed by atoms with van der Waals surface area (Å²) < 4.78 is 6.14. The van der Waals surface area contributed by atoms with E-state index in [0.29, 0.717) is 0 Å². The molecule has 0 aliphatic rings. The Kier molecular flexibility index (Phi) is 3.76. The fourth-order valence-corrected chi connectivity index (χ4v) is 2.75. The molecule has 0 saturated carbocycles. The third-order valence-electron chi connectivity index (χ3n) is 3.83. The number of aromatic nitrogens is 1. The van der Waals surface area contributed by atoms with Crippen molar-refractivity contribution >= 4 is 11.0 Å². The van der Waals surface area contributed by atoms with E-state index in [4.69, 9.17) is 4.42 Å². The number of furan rings is 1. The van der Waals surface area contributed by atoms with E-state index in [-0.39, 0.29) is 6.04 Å². The second-order valence-corrected chi connectivity index (χ2v) is 5.36. The summed E-state index contributed by atoms with van der Waals surface area (Å²) in [6.07, 6.45) is 3.73. The third-order valence-corrected chi connectivity index (χ3v) is 3.83. The van der Waals surface area contributed by atoms with Crippen molar-refractivity contribution in [1.82, 2.24) is 10.3 Å². The topological polar surface area (TPSA) is 38.1 Å². The summed E-state index contributed by atoms with van der Waals surface area (Å²) in [5.74, 6) is 0.954. The Hall–Kier alpha value is -2.13. The van der Waals surface area contributed by atoms with Crippen LogP contribution in [0.3, 0.4) is 0 Å². The number of nitrogens with zero attached hydrogens (tertiary/aromatic N) is 1. The van der Waals surface area contributed by atoms with Crippen molar-refractivity contribution in [3.63, 3.8) is 0 Å². The molecule has 2 heterocycles. The zero-order valence-electron chi connectivity index (χ0n) is 12.7. The molecule has 0 radical (unpaired) electrons. The highest BCUT2D eigenvalue weighted by Gasteiger charge is 2.19. The van der Waals surface area contributed by atoms with Crippen molar-refractivity contribution in [1.29, 1.82) is 0 Å². The van der Waals surface area contributed by atoms with Crippen LogP contribution in [0.2, 0.25) is 0 Å². The van der Waals surface area contributed by atoms with Gasteiger partial charge in [-0.1, -0.05) is 25.1 Å². The first-order valence-electron chi connectivity index (χ1n) is 7.33. The third kappa shape index (κ3) is 2.57. The first-order valence-corrected chi connectivity index (χ1v) is 7.33. The van der Waals surface area contributed by atoms with Gasteiger partial charge in [0, 0.05) is 17.8 Å². The number of rotatable bonds is 4. The maximum absolute atomic E-state index is 6.14. The van der Waals surface area contributed by atoms with E-state index in [0.717, 1.165) is 23.3 Å². The summed E-state index contributed by atoms with van der Waals surface area (Å²) in [6, 6.07) is 10.5. The quantitative estimate of drug-likeness (QED) is 0.780. The first-order chi connectivity index (χ1) is 10.2. The fourth-order valence-electron chi connectivity index (χ4n) is 2.75. The summed E-state index contributed by atoms with van der Waals surface area (Å²) in [5.41, 5.74) is 4.52. The highest BCUT2D eigenvalue weighted by molar-refractivity contribution is 5.81. The minimum absolute atomic E-state index is 0.0600. The molecule has 0 aliphatic carbocycles. The number of nitrogens with one attached hydrogen (secondary N) is 1. The Morgan fingerprint density at radius 3 is 2.76 bits per heavy atom. The molecular weight excluding hydrogens is 260 g/mol. The van der Waals surface area contributed by atoms with Crippen molar-refractivity contribution in [2.24, 2.45) is 0 Å². The lowest BCUT2D eigenvalue weighted by atomic mass is 10.0. The van der Waals surface area contributed by atoms with Gasteiger partial charge >= 0.3 is 0 Å². The first kappa shape index (κ1) is 13.8. The molecule has 0 bridgehead atoms. The van der Waals surface area contributed by atoms with Gasteiger partial charge < -0.3 is 9.73 Å². The smallest absolute Gasteiger partial charge is 0.137 e. The van der Waals surface area contributed by atoms with E-state index in [1.807, 2.05) is 12.4 Å². The molecule has 1 aromatic carbocycles. The second kappa shape index (κ2) is 5.70. The van der Waals surface area contributed by atoms with Gasteiger partial charge in [0.25, 0.3) is 0 Å². The van der Waals surface area contributed by atoms with Gasteiger partial charge in [-0.15, -0.1) is 0 Å². The molecule has 21 heavy (non-hydrogen) atoms. The van der Waals surface area contributed by atoms with Crippen LogP contribution < -0.4 is 5.32 Å². The lowest BCUT2D eigenvalue weighted by Gasteiger charge is -2.17. The standard InChI is InChI=1S/C18H20N2O/c1-4-20-17(15-8-9-19-11-13(15)3)16-10-14-7-5-6-12(2)18(14)21-16/h5-11,17,20H,4H2,1-3H3. The van der Waals surface area contributed by atoms with E-state index < -0.39 is 0 Å². The maximum Gasteiger partial charge on any atom is 0.137 e. The van der Waals surface area contributed by atoms with Crippen molar-refractivity contribution in [3.05, 3.63) is 65.2 Å². The van der Waals surface area contributed by atoms with Gasteiger partial charge in [-0.3, -0.25) is 4.98 Å². The van der Waals surface area contributed by atoms with Crippen molar-refractivity contribution < 1.29 is 4.42 Å². The van der Waals surface area contributed by atoms with Crippen molar-refractivity contribution in [3.8, 4) is 0 Å². The predicted molar refractivity (Wildman–Crippen MR) is 85.4 cm³/mol. The van der Waals surface area contributed by atoms with Gasteiger partial charge in [-0.05, 0) is 49.2 Å². The summed E-state index contributed by atoms with van der Waals surface area (Å²) in [4.78, 5) is 4.18. The number of pyridine rings is 1. The monoisotopic (exact) mass is 280 g/mol. The van der Waals surface area contributed by atoms with Crippen molar-refractivity contribution in [2.45, 2.75) is 26.8 Å². The number of fused-ring (bicyclic) bond motifs is 1. The molecule has 3 nitrogen and oxygen atoms in total. The van der Waals surface area contributed by atoms with Gasteiger partial charge in [0.05, 0.1) is 6.04 Å². The summed E-state index contributed by atoms with van der Waals surface area (Å²) in [5, 5.41) is 4.67. The van der Waals surface area contributed by atoms with Crippen LogP contribution in [-0.2, 0) is 0 Å². The molecule has 3 aromatic rings. The Balaban J connectivity index is 2.11. The number of para-hydroxylation sites is 1. The van der Waals surface area contributed by atoms with Crippen LogP contribution >= 0.6 is 0 Å². The van der Waals surface area contributed by atoms with Gasteiger partial charge in [0.2, 0.25) is 0 Å². The summed E-state index contributed by atoms with van der Waals surface area (Å²) >= 11 is 0. The predicted octanol–water partition coefficient (Wildman–Crippen LogP) is 4.14. The Morgan fingerprint density at radius 1 is 1.19 bits per heavy atom. The maximum atomic E-state index is 6.14. The van der Waals surface area contributed by atoms with Crippen LogP contribution in [0.25, 0.3) is 11.0 Å². The Morgan fingerprint density at radius 2 is 2.05 bits per heavy atom. The van der Waals surface area contributed by atoms with Crippen LogP contribution in [0.15, 0.2) is 47.1 Å². The van der Waals surface area contributed by atoms with E-state index in [9.17, 15) is 0 Å². The second-order valence-electron chi connectivity index (χ2n) is 5.36. The molecule has 0 spiro atoms. The average molecular weight is 280 g/mol. The van der Waals surface area contributed by atoms with Gasteiger partial charge in [-0.25, -0.2) is 0 Å². The lowest BCUT2D eigenvalue weighted by Crippen LogP contribution is -2.22. The minimum Gasteiger partial charge on any atom is -0.459 e. The van der Waals surface area contributed by atoms with Crippen LogP contribution in [0, 0.1) is 13.8 Å². The van der Waals surface area contributed by atoms with Gasteiger partial charge in [0.15, 0.2) is 0 Å². The molecule has 1 N–H and O–H groups in total. The molecule has 0 fully saturated rings. The zero-order valence-corrected chi connectivity index (χ0v) is 12.7. The van der Waals surface area contributed by atoms with Crippen molar-refractivity contribution in [2.75, 3.05) is 6.54 Å². The zero-order chi connectivity index (χ0) is 14.8. The number of aryl methyl sites for hydroxylation is 2. The van der Waals surface area contributed by atoms with E-state index >= 15 is 0 Å². The number of hydrogen-bond acceptors (Lipinski definition) is 3. The molecule has 0 saturated heterocycles. The molecule has 1 unspecified atom stereocenters. The summed E-state index contributed by atoms with van der Waals surface area (Å²) in [6.45, 7) is 7.15. The fraction of sp³-hybridized carbons (Fsp3) is 0.278. The average Bonchev–Trinajstić information content (AvgIpc) is 2.91. The molecule has 3 rings (SSSR count). The normalized spacial score (nSPS) is 12.7. The molecule has 0 amide bonds. The molecule has 1 atom stereocenters. The van der Waals surface area contributed by atoms with E-state index in [2.05, 4.69) is 61.4 Å². The number of benzene rings is 1. The van der Waals surface area contributed by atoms with Gasteiger partial charge in [-0.2, -0.15) is 0 Å². The van der Waals surface area contributed by atoms with Crippen LogP contribution in [0.1, 0.15) is 35.4 Å². The van der Waals surface area contributed by atoms with Crippen LogP contribution in [0.4, 0.5) is 0 Å². The highest BCUT2D eigenvalue weighted by Crippen LogP contribution is 2.30. The Labute approximate surface area is 125 Å². The summed E-state index contributed by atoms with van der Waals surface area (Å²) in [7, 11) is 0. The highest BCUT2D eigenvalue weighted by atomic mass is 16.3. The molecule has 0 aliphatic heterocycles. The number of hydrogen-bond donors (Lipinski definition) is 1. The molecule has 108 valence electrons. The van der Waals surface area contributed by atoms with E-state index in [1.54, 1.807) is 0 Å². The molecule has 3 heteroatoms. The lowest BCUT2D eigenvalue weighted by molar-refractivity contribution is 0.475. The van der Waals surface area contributed by atoms with Crippen LogP contribution in [-0.4, -0.2) is 11.5 Å².